The van der Waals surface area contributed by atoms with Crippen LogP contribution < -0.4 is 4.90 Å². The van der Waals surface area contributed by atoms with Gasteiger partial charge in [-0.1, -0.05) is 6.07 Å². The van der Waals surface area contributed by atoms with Crippen molar-refractivity contribution in [1.82, 2.24) is 4.90 Å². The van der Waals surface area contributed by atoms with Crippen molar-refractivity contribution in [3.8, 4) is 0 Å². The Hall–Kier alpha value is -0.880. The van der Waals surface area contributed by atoms with Crippen LogP contribution in [0.5, 0.6) is 0 Å². The second-order valence-electron chi connectivity index (χ2n) is 7.25. The van der Waals surface area contributed by atoms with Crippen LogP contribution in [0.1, 0.15) is 25.7 Å². The Labute approximate surface area is 152 Å². The summed E-state index contributed by atoms with van der Waals surface area (Å²) in [5.74, 6) is -0.630. The highest BCUT2D eigenvalue weighted by Gasteiger charge is 2.41. The number of thioether (sulfide) groups is 1. The molecule has 1 aliphatic carbocycles. The summed E-state index contributed by atoms with van der Waals surface area (Å²) >= 11 is 1.76. The summed E-state index contributed by atoms with van der Waals surface area (Å²) in [7, 11) is 0. The van der Waals surface area contributed by atoms with E-state index in [1.54, 1.807) is 11.8 Å². The molecule has 0 unspecified atom stereocenters. The normalized spacial score (nSPS) is 26.0. The lowest BCUT2D eigenvalue weighted by Crippen LogP contribution is -2.48. The SMILES string of the molecule is CSc1cccc(N2CCN(CC3CCC(C(F)(F)F)CC3)CC2)c1. The smallest absolute Gasteiger partial charge is 0.369 e. The monoisotopic (exact) mass is 372 g/mol. The van der Waals surface area contributed by atoms with Gasteiger partial charge in [0.25, 0.3) is 0 Å². The molecular formula is C19H27F3N2S. The minimum atomic E-state index is -4.00. The second kappa shape index (κ2) is 8.21. The molecule has 0 amide bonds. The third kappa shape index (κ3) is 5.07. The van der Waals surface area contributed by atoms with E-state index in [0.29, 0.717) is 18.8 Å². The Kier molecular flexibility index (Phi) is 6.21. The van der Waals surface area contributed by atoms with Crippen LogP contribution in [-0.4, -0.2) is 50.1 Å². The zero-order valence-electron chi connectivity index (χ0n) is 14.8. The maximum absolute atomic E-state index is 12.8. The van der Waals surface area contributed by atoms with Crippen LogP contribution >= 0.6 is 11.8 Å². The van der Waals surface area contributed by atoms with Gasteiger partial charge >= 0.3 is 6.18 Å². The highest BCUT2D eigenvalue weighted by Crippen LogP contribution is 2.39. The van der Waals surface area contributed by atoms with Gasteiger partial charge in [-0.05, 0) is 56.1 Å². The van der Waals surface area contributed by atoms with E-state index in [1.165, 1.54) is 10.6 Å². The van der Waals surface area contributed by atoms with Crippen molar-refractivity contribution in [2.24, 2.45) is 11.8 Å². The summed E-state index contributed by atoms with van der Waals surface area (Å²) in [4.78, 5) is 6.13. The molecule has 1 aromatic carbocycles. The minimum absolute atomic E-state index is 0.315. The molecule has 25 heavy (non-hydrogen) atoms. The van der Waals surface area contributed by atoms with Crippen molar-refractivity contribution >= 4 is 17.4 Å². The number of nitrogens with zero attached hydrogens (tertiary/aromatic N) is 2. The number of anilines is 1. The first-order valence-corrected chi connectivity index (χ1v) is 10.4. The quantitative estimate of drug-likeness (QED) is 0.694. The fourth-order valence-electron chi connectivity index (χ4n) is 4.03. The first-order chi connectivity index (χ1) is 12.0. The standard InChI is InChI=1S/C19H27F3N2S/c1-25-18-4-2-3-17(13-18)24-11-9-23(10-12-24)14-15-5-7-16(8-6-15)19(20,21)22/h2-4,13,15-16H,5-12,14H2,1H3. The third-order valence-electron chi connectivity index (χ3n) is 5.62. The first kappa shape index (κ1) is 18.9. The average Bonchev–Trinajstić information content (AvgIpc) is 2.62. The lowest BCUT2D eigenvalue weighted by molar-refractivity contribution is -0.184. The predicted octanol–water partition coefficient (Wildman–Crippen LogP) is 4.90. The van der Waals surface area contributed by atoms with Gasteiger partial charge in [0.05, 0.1) is 5.92 Å². The minimum Gasteiger partial charge on any atom is -0.369 e. The number of hydrogen-bond donors (Lipinski definition) is 0. The molecule has 2 fully saturated rings. The van der Waals surface area contributed by atoms with Crippen LogP contribution in [0.4, 0.5) is 18.9 Å². The molecule has 1 aromatic rings. The molecule has 2 nitrogen and oxygen atoms in total. The van der Waals surface area contributed by atoms with E-state index in [0.717, 1.165) is 45.6 Å². The Morgan fingerprint density at radius 2 is 1.72 bits per heavy atom. The van der Waals surface area contributed by atoms with Gasteiger partial charge in [-0.15, -0.1) is 11.8 Å². The summed E-state index contributed by atoms with van der Waals surface area (Å²) in [5, 5.41) is 0. The molecule has 0 aromatic heterocycles. The van der Waals surface area contributed by atoms with Crippen molar-refractivity contribution in [1.29, 1.82) is 0 Å². The highest BCUT2D eigenvalue weighted by molar-refractivity contribution is 7.98. The molecular weight excluding hydrogens is 345 g/mol. The highest BCUT2D eigenvalue weighted by atomic mass is 32.2. The molecule has 2 aliphatic rings. The zero-order valence-corrected chi connectivity index (χ0v) is 15.6. The van der Waals surface area contributed by atoms with E-state index >= 15 is 0 Å². The summed E-state index contributed by atoms with van der Waals surface area (Å²) in [6.45, 7) is 4.96. The first-order valence-electron chi connectivity index (χ1n) is 9.14. The summed E-state index contributed by atoms with van der Waals surface area (Å²) < 4.78 is 38.3. The maximum Gasteiger partial charge on any atom is 0.391 e. The molecule has 1 saturated carbocycles. The number of alkyl halides is 3. The van der Waals surface area contributed by atoms with Gasteiger partial charge < -0.3 is 4.90 Å². The fourth-order valence-corrected chi connectivity index (χ4v) is 4.49. The molecule has 1 heterocycles. The Balaban J connectivity index is 1.44. The number of piperazine rings is 1. The molecule has 1 saturated heterocycles. The van der Waals surface area contributed by atoms with E-state index < -0.39 is 12.1 Å². The topological polar surface area (TPSA) is 6.48 Å². The third-order valence-corrected chi connectivity index (χ3v) is 6.34. The van der Waals surface area contributed by atoms with Crippen molar-refractivity contribution in [3.63, 3.8) is 0 Å². The second-order valence-corrected chi connectivity index (χ2v) is 8.13. The van der Waals surface area contributed by atoms with Crippen LogP contribution in [-0.2, 0) is 0 Å². The molecule has 6 heteroatoms. The molecule has 0 bridgehead atoms. The lowest BCUT2D eigenvalue weighted by atomic mass is 9.81. The molecule has 0 radical (unpaired) electrons. The summed E-state index contributed by atoms with van der Waals surface area (Å²) in [6, 6.07) is 8.63. The van der Waals surface area contributed by atoms with Crippen LogP contribution in [0, 0.1) is 11.8 Å². The van der Waals surface area contributed by atoms with E-state index in [1.807, 2.05) is 0 Å². The predicted molar refractivity (Wildman–Crippen MR) is 98.4 cm³/mol. The van der Waals surface area contributed by atoms with Crippen LogP contribution in [0.15, 0.2) is 29.2 Å². The molecule has 1 aliphatic heterocycles. The van der Waals surface area contributed by atoms with Gasteiger partial charge in [-0.25, -0.2) is 0 Å². The van der Waals surface area contributed by atoms with Gasteiger partial charge in [-0.2, -0.15) is 13.2 Å². The Bertz CT molecular complexity index is 548. The molecule has 140 valence electrons. The van der Waals surface area contributed by atoms with Crippen LogP contribution in [0.2, 0.25) is 0 Å². The molecule has 3 rings (SSSR count). The summed E-state index contributed by atoms with van der Waals surface area (Å²) in [6.07, 6.45) is 0.165. The number of benzene rings is 1. The van der Waals surface area contributed by atoms with Gasteiger partial charge in [0, 0.05) is 43.3 Å². The van der Waals surface area contributed by atoms with E-state index in [9.17, 15) is 13.2 Å². The number of hydrogen-bond acceptors (Lipinski definition) is 3. The van der Waals surface area contributed by atoms with E-state index in [2.05, 4.69) is 40.3 Å². The van der Waals surface area contributed by atoms with E-state index in [-0.39, 0.29) is 0 Å². The van der Waals surface area contributed by atoms with Crippen molar-refractivity contribution in [2.75, 3.05) is 43.9 Å². The maximum atomic E-state index is 12.8. The lowest BCUT2D eigenvalue weighted by Gasteiger charge is -2.39. The van der Waals surface area contributed by atoms with Crippen molar-refractivity contribution in [3.05, 3.63) is 24.3 Å². The van der Waals surface area contributed by atoms with Gasteiger partial charge in [0.2, 0.25) is 0 Å². The van der Waals surface area contributed by atoms with Crippen LogP contribution in [0.3, 0.4) is 0 Å². The molecule has 0 spiro atoms. The molecule has 0 atom stereocenters. The molecule has 0 N–H and O–H groups in total. The Morgan fingerprint density at radius 1 is 1.04 bits per heavy atom. The van der Waals surface area contributed by atoms with Gasteiger partial charge in [-0.3, -0.25) is 4.90 Å². The largest absolute Gasteiger partial charge is 0.391 e. The van der Waals surface area contributed by atoms with Gasteiger partial charge in [0.15, 0.2) is 0 Å². The fraction of sp³-hybridized carbons (Fsp3) is 0.684. The van der Waals surface area contributed by atoms with Crippen LogP contribution in [0.25, 0.3) is 0 Å². The zero-order chi connectivity index (χ0) is 17.9. The number of rotatable bonds is 4. The Morgan fingerprint density at radius 3 is 2.32 bits per heavy atom. The number of halogens is 3. The van der Waals surface area contributed by atoms with Crippen molar-refractivity contribution in [2.45, 2.75) is 36.8 Å². The summed E-state index contributed by atoms with van der Waals surface area (Å²) in [5.41, 5.74) is 1.28. The van der Waals surface area contributed by atoms with E-state index in [4.69, 9.17) is 0 Å². The van der Waals surface area contributed by atoms with Gasteiger partial charge in [0.1, 0.15) is 0 Å². The van der Waals surface area contributed by atoms with Crippen molar-refractivity contribution < 1.29 is 13.2 Å². The average molecular weight is 373 g/mol.